The number of carbonyl (C=O) groups is 2. The molecule has 1 aromatic heterocycles. The third-order valence-corrected chi connectivity index (χ3v) is 4.38. The van der Waals surface area contributed by atoms with Gasteiger partial charge in [-0.3, -0.25) is 14.4 Å². The summed E-state index contributed by atoms with van der Waals surface area (Å²) in [5.74, 6) is -0.307. The van der Waals surface area contributed by atoms with Crippen molar-refractivity contribution in [1.29, 1.82) is 0 Å². The first-order valence-corrected chi connectivity index (χ1v) is 9.37. The number of amides is 2. The monoisotopic (exact) mass is 386 g/mol. The normalized spacial score (nSPS) is 10.3. The van der Waals surface area contributed by atoms with Crippen LogP contribution < -0.4 is 16.2 Å². The number of nitrogens with one attached hydrogen (secondary N) is 3. The SMILES string of the molecule is C=CCNC(=O)Cc1cc(=O)[nH]c(SCC(=O)NCc2ccc(C)cc2)n1. The van der Waals surface area contributed by atoms with E-state index in [9.17, 15) is 14.4 Å². The molecule has 0 saturated carbocycles. The fourth-order valence-electron chi connectivity index (χ4n) is 2.15. The van der Waals surface area contributed by atoms with Gasteiger partial charge in [0.15, 0.2) is 5.16 Å². The van der Waals surface area contributed by atoms with Gasteiger partial charge in [0.1, 0.15) is 0 Å². The minimum Gasteiger partial charge on any atom is -0.352 e. The predicted molar refractivity (Wildman–Crippen MR) is 106 cm³/mol. The van der Waals surface area contributed by atoms with Crippen LogP contribution in [0, 0.1) is 6.92 Å². The van der Waals surface area contributed by atoms with E-state index in [4.69, 9.17) is 0 Å². The van der Waals surface area contributed by atoms with Gasteiger partial charge in [0.05, 0.1) is 17.9 Å². The fraction of sp³-hybridized carbons (Fsp3) is 0.263. The number of aromatic nitrogens is 2. The molecular formula is C19H22N4O3S. The lowest BCUT2D eigenvalue weighted by Gasteiger charge is -2.06. The van der Waals surface area contributed by atoms with Crippen molar-refractivity contribution in [3.8, 4) is 0 Å². The van der Waals surface area contributed by atoms with Crippen LogP contribution >= 0.6 is 11.8 Å². The van der Waals surface area contributed by atoms with Crippen molar-refractivity contribution < 1.29 is 9.59 Å². The van der Waals surface area contributed by atoms with Gasteiger partial charge in [-0.15, -0.1) is 6.58 Å². The Morgan fingerprint density at radius 1 is 1.22 bits per heavy atom. The molecule has 0 fully saturated rings. The predicted octanol–water partition coefficient (Wildman–Crippen LogP) is 1.33. The summed E-state index contributed by atoms with van der Waals surface area (Å²) in [6.07, 6.45) is 1.56. The van der Waals surface area contributed by atoms with Crippen molar-refractivity contribution in [2.45, 2.75) is 25.0 Å². The first-order chi connectivity index (χ1) is 13.0. The first kappa shape index (κ1) is 20.4. The summed E-state index contributed by atoms with van der Waals surface area (Å²) in [7, 11) is 0. The maximum absolute atomic E-state index is 12.0. The Morgan fingerprint density at radius 3 is 2.67 bits per heavy atom. The van der Waals surface area contributed by atoms with Crippen LogP contribution in [0.3, 0.4) is 0 Å². The second kappa shape index (κ2) is 10.3. The van der Waals surface area contributed by atoms with Gasteiger partial charge < -0.3 is 15.6 Å². The molecule has 2 amide bonds. The molecule has 0 unspecified atom stereocenters. The molecule has 1 aromatic carbocycles. The van der Waals surface area contributed by atoms with E-state index in [1.54, 1.807) is 6.08 Å². The standard InChI is InChI=1S/C19H22N4O3S/c1-3-8-20-16(24)9-15-10-17(25)23-19(22-15)27-12-18(26)21-11-14-6-4-13(2)5-7-14/h3-7,10H,1,8-9,11-12H2,2H3,(H,20,24)(H,21,26)(H,22,23,25). The third kappa shape index (κ3) is 7.49. The molecule has 0 aliphatic carbocycles. The van der Waals surface area contributed by atoms with Gasteiger partial charge >= 0.3 is 0 Å². The number of nitrogens with zero attached hydrogens (tertiary/aromatic N) is 1. The number of H-pyrrole nitrogens is 1. The van der Waals surface area contributed by atoms with Crippen molar-refractivity contribution in [3.63, 3.8) is 0 Å². The zero-order chi connectivity index (χ0) is 19.6. The number of hydrogen-bond donors (Lipinski definition) is 3. The van der Waals surface area contributed by atoms with E-state index in [2.05, 4.69) is 27.2 Å². The van der Waals surface area contributed by atoms with Crippen LogP contribution in [0.5, 0.6) is 0 Å². The zero-order valence-corrected chi connectivity index (χ0v) is 15.9. The summed E-state index contributed by atoms with van der Waals surface area (Å²) < 4.78 is 0. The summed E-state index contributed by atoms with van der Waals surface area (Å²) in [6.45, 7) is 6.31. The van der Waals surface area contributed by atoms with E-state index < -0.39 is 0 Å². The molecule has 2 aromatic rings. The Morgan fingerprint density at radius 2 is 1.96 bits per heavy atom. The van der Waals surface area contributed by atoms with Gasteiger partial charge in [0.25, 0.3) is 5.56 Å². The fourth-order valence-corrected chi connectivity index (χ4v) is 2.87. The van der Waals surface area contributed by atoms with Crippen molar-refractivity contribution in [2.75, 3.05) is 12.3 Å². The summed E-state index contributed by atoms with van der Waals surface area (Å²) in [5, 5.41) is 5.75. The minimum absolute atomic E-state index is 0.00899. The van der Waals surface area contributed by atoms with Crippen molar-refractivity contribution in [1.82, 2.24) is 20.6 Å². The molecule has 2 rings (SSSR count). The second-order valence-corrected chi connectivity index (χ2v) is 6.83. The average molecular weight is 386 g/mol. The molecule has 8 heteroatoms. The molecule has 1 heterocycles. The van der Waals surface area contributed by atoms with Gasteiger partial charge in [-0.25, -0.2) is 4.98 Å². The molecule has 0 atom stereocenters. The van der Waals surface area contributed by atoms with Crippen LogP contribution in [0.1, 0.15) is 16.8 Å². The van der Waals surface area contributed by atoms with Gasteiger partial charge in [-0.05, 0) is 12.5 Å². The van der Waals surface area contributed by atoms with Crippen LogP contribution in [0.15, 0.2) is 52.9 Å². The highest BCUT2D eigenvalue weighted by molar-refractivity contribution is 7.99. The second-order valence-electron chi connectivity index (χ2n) is 5.86. The molecular weight excluding hydrogens is 364 g/mol. The molecule has 3 N–H and O–H groups in total. The molecule has 0 spiro atoms. The largest absolute Gasteiger partial charge is 0.352 e. The van der Waals surface area contributed by atoms with Crippen LogP contribution in [0.25, 0.3) is 0 Å². The van der Waals surface area contributed by atoms with Gasteiger partial charge in [0, 0.05) is 19.2 Å². The van der Waals surface area contributed by atoms with Crippen LogP contribution in [0.2, 0.25) is 0 Å². The Hall–Kier alpha value is -2.87. The molecule has 0 aliphatic heterocycles. The van der Waals surface area contributed by atoms with Gasteiger partial charge in [-0.2, -0.15) is 0 Å². The van der Waals surface area contributed by atoms with E-state index >= 15 is 0 Å². The lowest BCUT2D eigenvalue weighted by molar-refractivity contribution is -0.120. The Balaban J connectivity index is 1.86. The molecule has 0 radical (unpaired) electrons. The Bertz CT molecular complexity index is 862. The molecule has 7 nitrogen and oxygen atoms in total. The van der Waals surface area contributed by atoms with Crippen molar-refractivity contribution in [3.05, 3.63) is 70.2 Å². The lowest BCUT2D eigenvalue weighted by Crippen LogP contribution is -2.26. The highest BCUT2D eigenvalue weighted by Crippen LogP contribution is 2.11. The molecule has 0 bridgehead atoms. The molecule has 27 heavy (non-hydrogen) atoms. The zero-order valence-electron chi connectivity index (χ0n) is 15.1. The molecule has 0 saturated heterocycles. The van der Waals surface area contributed by atoms with E-state index in [0.29, 0.717) is 23.9 Å². The van der Waals surface area contributed by atoms with E-state index in [1.807, 2.05) is 31.2 Å². The quantitative estimate of drug-likeness (QED) is 0.343. The van der Waals surface area contributed by atoms with E-state index in [1.165, 1.54) is 6.07 Å². The summed E-state index contributed by atoms with van der Waals surface area (Å²) in [6, 6.07) is 9.17. The number of rotatable bonds is 9. The summed E-state index contributed by atoms with van der Waals surface area (Å²) >= 11 is 1.11. The topological polar surface area (TPSA) is 104 Å². The van der Waals surface area contributed by atoms with Gasteiger partial charge in [-0.1, -0.05) is 47.7 Å². The minimum atomic E-state index is -0.362. The van der Waals surface area contributed by atoms with Crippen LogP contribution in [0.4, 0.5) is 0 Å². The number of benzene rings is 1. The van der Waals surface area contributed by atoms with Crippen molar-refractivity contribution in [2.24, 2.45) is 0 Å². The van der Waals surface area contributed by atoms with Crippen LogP contribution in [-0.4, -0.2) is 34.1 Å². The highest BCUT2D eigenvalue weighted by Gasteiger charge is 2.09. The molecule has 142 valence electrons. The number of aryl methyl sites for hydroxylation is 1. The third-order valence-electron chi connectivity index (χ3n) is 3.51. The maximum Gasteiger partial charge on any atom is 0.251 e. The van der Waals surface area contributed by atoms with Crippen LogP contribution in [-0.2, 0) is 22.6 Å². The number of aromatic amines is 1. The number of carbonyl (C=O) groups excluding carboxylic acids is 2. The maximum atomic E-state index is 12.0. The summed E-state index contributed by atoms with van der Waals surface area (Å²) in [4.78, 5) is 42.2. The smallest absolute Gasteiger partial charge is 0.251 e. The summed E-state index contributed by atoms with van der Waals surface area (Å²) in [5.41, 5.74) is 2.16. The number of hydrogen-bond acceptors (Lipinski definition) is 5. The van der Waals surface area contributed by atoms with E-state index in [0.717, 1.165) is 22.9 Å². The lowest BCUT2D eigenvalue weighted by atomic mass is 10.1. The van der Waals surface area contributed by atoms with Crippen molar-refractivity contribution >= 4 is 23.6 Å². The Kier molecular flexibility index (Phi) is 7.81. The number of thioether (sulfide) groups is 1. The highest BCUT2D eigenvalue weighted by atomic mass is 32.2. The average Bonchev–Trinajstić information content (AvgIpc) is 2.64. The van der Waals surface area contributed by atoms with Gasteiger partial charge in [0.2, 0.25) is 11.8 Å². The van der Waals surface area contributed by atoms with E-state index in [-0.39, 0.29) is 29.5 Å². The Labute approximate surface area is 161 Å². The first-order valence-electron chi connectivity index (χ1n) is 8.39. The molecule has 0 aliphatic rings.